The molecule has 0 unspecified atom stereocenters. The van der Waals surface area contributed by atoms with E-state index in [-0.39, 0.29) is 41.5 Å². The topological polar surface area (TPSA) is 52.6 Å². The predicted octanol–water partition coefficient (Wildman–Crippen LogP) is 2.44. The van der Waals surface area contributed by atoms with E-state index in [4.69, 9.17) is 9.47 Å². The van der Waals surface area contributed by atoms with Crippen LogP contribution in [0.25, 0.3) is 0 Å². The second-order valence-corrected chi connectivity index (χ2v) is 4.91. The van der Waals surface area contributed by atoms with Crippen LogP contribution in [0, 0.1) is 5.92 Å². The first-order valence-electron chi connectivity index (χ1n) is 6.81. The third-order valence-electron chi connectivity index (χ3n) is 2.52. The fourth-order valence-electron chi connectivity index (χ4n) is 1.50. The normalized spacial score (nSPS) is 9.89. The van der Waals surface area contributed by atoms with Crippen molar-refractivity contribution in [2.24, 2.45) is 5.92 Å². The van der Waals surface area contributed by atoms with Crippen LogP contribution in [0.1, 0.15) is 59.3 Å². The Morgan fingerprint density at radius 2 is 1.53 bits per heavy atom. The number of unbranched alkanes of at least 4 members (excludes halogenated alkanes) is 2. The number of ether oxygens (including phenoxy) is 2. The molecule has 0 bridgehead atoms. The monoisotopic (exact) mass is 282 g/mol. The summed E-state index contributed by atoms with van der Waals surface area (Å²) in [6.07, 6.45) is 5.14. The summed E-state index contributed by atoms with van der Waals surface area (Å²) >= 11 is 0. The van der Waals surface area contributed by atoms with Crippen molar-refractivity contribution in [1.29, 1.82) is 0 Å². The summed E-state index contributed by atoms with van der Waals surface area (Å²) in [4.78, 5) is 21.8. The molecule has 0 rings (SSSR count). The predicted molar refractivity (Wildman–Crippen MR) is 77.3 cm³/mol. The van der Waals surface area contributed by atoms with Crippen molar-refractivity contribution in [3.05, 3.63) is 0 Å². The molecular formula is C14H27NaO4. The van der Waals surface area contributed by atoms with Crippen LogP contribution in [0.15, 0.2) is 0 Å². The van der Waals surface area contributed by atoms with Gasteiger partial charge in [-0.15, -0.1) is 0 Å². The maximum atomic E-state index is 11.3. The molecule has 4 nitrogen and oxygen atoms in total. The van der Waals surface area contributed by atoms with Crippen LogP contribution >= 0.6 is 0 Å². The Hall–Kier alpha value is -0.0600. The molecule has 0 spiro atoms. The zero-order valence-electron chi connectivity index (χ0n) is 11.9. The number of carbonyl (C=O) groups is 2. The number of hydrogen-bond donors (Lipinski definition) is 0. The van der Waals surface area contributed by atoms with E-state index in [0.29, 0.717) is 25.6 Å². The van der Waals surface area contributed by atoms with Crippen LogP contribution < -0.4 is 0 Å². The summed E-state index contributed by atoms with van der Waals surface area (Å²) < 4.78 is 9.85. The molecule has 0 atom stereocenters. The Morgan fingerprint density at radius 3 is 2.05 bits per heavy atom. The average molecular weight is 282 g/mol. The number of esters is 2. The van der Waals surface area contributed by atoms with E-state index in [1.54, 1.807) is 0 Å². The number of rotatable bonds is 10. The Kier molecular flexibility index (Phi) is 16.0. The van der Waals surface area contributed by atoms with Crippen LogP contribution in [0.4, 0.5) is 0 Å². The molecule has 0 fully saturated rings. The van der Waals surface area contributed by atoms with Crippen molar-refractivity contribution in [3.8, 4) is 0 Å². The molecule has 0 aliphatic rings. The first-order chi connectivity index (χ1) is 8.52. The Bertz CT molecular complexity index is 242. The van der Waals surface area contributed by atoms with E-state index < -0.39 is 0 Å². The average Bonchev–Trinajstić information content (AvgIpc) is 2.28. The molecule has 0 aliphatic carbocycles. The van der Waals surface area contributed by atoms with Crippen LogP contribution in [-0.2, 0) is 19.1 Å². The summed E-state index contributed by atoms with van der Waals surface area (Å²) in [5.74, 6) is 0.311. The van der Waals surface area contributed by atoms with Gasteiger partial charge in [0.25, 0.3) is 0 Å². The van der Waals surface area contributed by atoms with Crippen molar-refractivity contribution in [1.82, 2.24) is 0 Å². The molecule has 0 aliphatic heterocycles. The van der Waals surface area contributed by atoms with E-state index in [9.17, 15) is 9.59 Å². The van der Waals surface area contributed by atoms with Gasteiger partial charge in [-0.05, 0) is 25.2 Å². The van der Waals surface area contributed by atoms with Crippen molar-refractivity contribution in [2.45, 2.75) is 59.3 Å². The third-order valence-corrected chi connectivity index (χ3v) is 2.52. The molecule has 0 radical (unpaired) electrons. The summed E-state index contributed by atoms with van der Waals surface area (Å²) in [5, 5.41) is 0. The first-order valence-corrected chi connectivity index (χ1v) is 6.81. The van der Waals surface area contributed by atoms with E-state index in [2.05, 4.69) is 13.8 Å². The third kappa shape index (κ3) is 17.9. The van der Waals surface area contributed by atoms with Crippen molar-refractivity contribution in [2.75, 3.05) is 13.2 Å². The molecule has 0 saturated heterocycles. The van der Waals surface area contributed by atoms with Gasteiger partial charge in [0.05, 0.1) is 13.2 Å². The quantitative estimate of drug-likeness (QED) is 0.351. The molecule has 108 valence electrons. The van der Waals surface area contributed by atoms with Crippen LogP contribution in [-0.4, -0.2) is 54.7 Å². The standard InChI is InChI=1S/C14H26O4.Na.H/c1-12(2)8-4-5-9-14(16)18-11-7-6-10-17-13(3)15;;/h12H,4-11H2,1-3H3;;. The van der Waals surface area contributed by atoms with Gasteiger partial charge in [0.2, 0.25) is 0 Å². The van der Waals surface area contributed by atoms with E-state index in [1.807, 2.05) is 0 Å². The SMILES string of the molecule is CC(=O)OCCCCOC(=O)CCCCC(C)C.[NaH]. The minimum atomic E-state index is -0.267. The van der Waals surface area contributed by atoms with Crippen molar-refractivity contribution < 1.29 is 19.1 Å². The summed E-state index contributed by atoms with van der Waals surface area (Å²) in [6, 6.07) is 0. The number of hydrogen-bond acceptors (Lipinski definition) is 4. The Morgan fingerprint density at radius 1 is 0.947 bits per heavy atom. The summed E-state index contributed by atoms with van der Waals surface area (Å²) in [6.45, 7) is 6.58. The van der Waals surface area contributed by atoms with Crippen LogP contribution in [0.3, 0.4) is 0 Å². The summed E-state index contributed by atoms with van der Waals surface area (Å²) in [5.41, 5.74) is 0. The molecule has 0 aromatic heterocycles. The van der Waals surface area contributed by atoms with Gasteiger partial charge in [-0.1, -0.05) is 26.7 Å². The zero-order valence-corrected chi connectivity index (χ0v) is 11.9. The van der Waals surface area contributed by atoms with Gasteiger partial charge in [-0.2, -0.15) is 0 Å². The fourth-order valence-corrected chi connectivity index (χ4v) is 1.50. The molecular weight excluding hydrogens is 255 g/mol. The maximum absolute atomic E-state index is 11.3. The van der Waals surface area contributed by atoms with E-state index >= 15 is 0 Å². The molecule has 19 heavy (non-hydrogen) atoms. The second kappa shape index (κ2) is 14.4. The van der Waals surface area contributed by atoms with Gasteiger partial charge in [0, 0.05) is 13.3 Å². The van der Waals surface area contributed by atoms with Gasteiger partial charge < -0.3 is 9.47 Å². The van der Waals surface area contributed by atoms with Crippen molar-refractivity contribution in [3.63, 3.8) is 0 Å². The molecule has 0 amide bonds. The first kappa shape index (κ1) is 21.2. The van der Waals surface area contributed by atoms with E-state index in [1.165, 1.54) is 6.92 Å². The minimum absolute atomic E-state index is 0. The molecule has 0 heterocycles. The summed E-state index contributed by atoms with van der Waals surface area (Å²) in [7, 11) is 0. The van der Waals surface area contributed by atoms with E-state index in [0.717, 1.165) is 32.1 Å². The second-order valence-electron chi connectivity index (χ2n) is 4.91. The molecule has 0 aromatic carbocycles. The van der Waals surface area contributed by atoms with Gasteiger partial charge in [0.1, 0.15) is 0 Å². The fraction of sp³-hybridized carbons (Fsp3) is 0.857. The molecule has 5 heteroatoms. The van der Waals surface area contributed by atoms with Gasteiger partial charge in [-0.3, -0.25) is 9.59 Å². The molecule has 0 saturated carbocycles. The van der Waals surface area contributed by atoms with Gasteiger partial charge in [-0.25, -0.2) is 0 Å². The molecule has 0 aromatic rings. The Labute approximate surface area is 138 Å². The molecule has 0 N–H and O–H groups in total. The Balaban J connectivity index is 0. The van der Waals surface area contributed by atoms with Gasteiger partial charge >= 0.3 is 41.5 Å². The van der Waals surface area contributed by atoms with Gasteiger partial charge in [0.15, 0.2) is 0 Å². The van der Waals surface area contributed by atoms with Crippen LogP contribution in [0.2, 0.25) is 0 Å². The zero-order chi connectivity index (χ0) is 13.8. The number of carbonyl (C=O) groups excluding carboxylic acids is 2. The van der Waals surface area contributed by atoms with Crippen molar-refractivity contribution >= 4 is 41.5 Å². The van der Waals surface area contributed by atoms with Crippen LogP contribution in [0.5, 0.6) is 0 Å².